The zero-order chi connectivity index (χ0) is 19.5. The van der Waals surface area contributed by atoms with E-state index in [0.717, 1.165) is 30.6 Å². The molecule has 1 aliphatic heterocycles. The number of amides is 2. The lowest BCUT2D eigenvalue weighted by molar-refractivity contribution is -0.155. The van der Waals surface area contributed by atoms with Gasteiger partial charge >= 0.3 is 5.97 Å². The van der Waals surface area contributed by atoms with E-state index in [2.05, 4.69) is 5.32 Å². The molecule has 6 heteroatoms. The van der Waals surface area contributed by atoms with E-state index in [9.17, 15) is 14.4 Å². The average Bonchev–Trinajstić information content (AvgIpc) is 2.57. The number of esters is 1. The zero-order valence-electron chi connectivity index (χ0n) is 16.2. The first-order chi connectivity index (χ1) is 12.1. The molecule has 1 aliphatic rings. The van der Waals surface area contributed by atoms with Gasteiger partial charge in [-0.15, -0.1) is 0 Å². The van der Waals surface area contributed by atoms with Crippen LogP contribution < -0.4 is 10.2 Å². The largest absolute Gasteiger partial charge is 0.455 e. The number of fused-ring (bicyclic) bond motifs is 1. The molecule has 2 rings (SSSR count). The molecule has 0 fully saturated rings. The second-order valence-electron chi connectivity index (χ2n) is 7.97. The number of ether oxygens (including phenoxy) is 1. The third-order valence-electron chi connectivity index (χ3n) is 4.19. The minimum atomic E-state index is -0.640. The Bertz CT molecular complexity index is 704. The Balaban J connectivity index is 2.03. The zero-order valence-corrected chi connectivity index (χ0v) is 16.2. The van der Waals surface area contributed by atoms with Crippen molar-refractivity contribution in [1.82, 2.24) is 0 Å². The topological polar surface area (TPSA) is 75.7 Å². The first-order valence-electron chi connectivity index (χ1n) is 9.01. The van der Waals surface area contributed by atoms with Gasteiger partial charge in [-0.05, 0) is 57.4 Å². The van der Waals surface area contributed by atoms with Gasteiger partial charge in [-0.1, -0.05) is 13.8 Å². The summed E-state index contributed by atoms with van der Waals surface area (Å²) in [5.41, 5.74) is 1.94. The van der Waals surface area contributed by atoms with Gasteiger partial charge in [0.1, 0.15) is 0 Å². The lowest BCUT2D eigenvalue weighted by Gasteiger charge is -2.31. The van der Waals surface area contributed by atoms with Gasteiger partial charge < -0.3 is 15.0 Å². The van der Waals surface area contributed by atoms with Crippen LogP contribution >= 0.6 is 0 Å². The smallest absolute Gasteiger partial charge is 0.311 e. The van der Waals surface area contributed by atoms with Crippen LogP contribution in [0.3, 0.4) is 0 Å². The van der Waals surface area contributed by atoms with Crippen molar-refractivity contribution in [2.45, 2.75) is 47.5 Å². The Morgan fingerprint density at radius 2 is 1.92 bits per heavy atom. The molecule has 1 aromatic rings. The molecule has 0 bridgehead atoms. The predicted molar refractivity (Wildman–Crippen MR) is 101 cm³/mol. The highest BCUT2D eigenvalue weighted by atomic mass is 16.5. The van der Waals surface area contributed by atoms with Crippen LogP contribution in [0.5, 0.6) is 0 Å². The molecule has 26 heavy (non-hydrogen) atoms. The second-order valence-corrected chi connectivity index (χ2v) is 7.97. The fourth-order valence-corrected chi connectivity index (χ4v) is 2.76. The number of carbonyl (C=O) groups is 3. The van der Waals surface area contributed by atoms with Gasteiger partial charge in [0.05, 0.1) is 5.41 Å². The molecular formula is C20H28N2O4. The lowest BCUT2D eigenvalue weighted by atomic mass is 9.97. The third kappa shape index (κ3) is 4.84. The van der Waals surface area contributed by atoms with Crippen LogP contribution in [0.2, 0.25) is 0 Å². The molecule has 1 heterocycles. The van der Waals surface area contributed by atoms with Gasteiger partial charge in [-0.25, -0.2) is 0 Å². The van der Waals surface area contributed by atoms with E-state index in [1.54, 1.807) is 26.8 Å². The number of rotatable bonds is 4. The minimum absolute atomic E-state index is 0.0576. The van der Waals surface area contributed by atoms with Crippen LogP contribution in [-0.2, 0) is 25.5 Å². The highest BCUT2D eigenvalue weighted by Crippen LogP contribution is 2.30. The number of carbonyl (C=O) groups excluding carboxylic acids is 3. The average molecular weight is 360 g/mol. The molecule has 0 unspecified atom stereocenters. The Morgan fingerprint density at radius 1 is 1.23 bits per heavy atom. The van der Waals surface area contributed by atoms with Crippen molar-refractivity contribution in [1.29, 1.82) is 0 Å². The number of aryl methyl sites for hydroxylation is 1. The molecule has 0 saturated heterocycles. The van der Waals surface area contributed by atoms with Crippen molar-refractivity contribution < 1.29 is 19.1 Å². The number of nitrogens with one attached hydrogen (secondary N) is 1. The standard InChI is InChI=1S/C20H28N2O4/c1-13(2)18(24)22-10-6-7-14-11-15(8-9-16(14)22)21-17(23)12-26-19(25)20(3,4)5/h8-9,11,13H,6-7,10,12H2,1-5H3,(H,21,23). The summed E-state index contributed by atoms with van der Waals surface area (Å²) in [5.74, 6) is -0.746. The normalized spacial score (nSPS) is 14.0. The number of benzene rings is 1. The summed E-state index contributed by atoms with van der Waals surface area (Å²) < 4.78 is 5.02. The molecule has 6 nitrogen and oxygen atoms in total. The first-order valence-corrected chi connectivity index (χ1v) is 9.01. The van der Waals surface area contributed by atoms with Crippen molar-refractivity contribution in [2.75, 3.05) is 23.4 Å². The molecule has 0 saturated carbocycles. The van der Waals surface area contributed by atoms with Gasteiger partial charge in [0, 0.05) is 23.8 Å². The number of hydrogen-bond donors (Lipinski definition) is 1. The molecule has 0 aromatic heterocycles. The summed E-state index contributed by atoms with van der Waals surface area (Å²) in [4.78, 5) is 37.9. The highest BCUT2D eigenvalue weighted by molar-refractivity contribution is 5.97. The second kappa shape index (κ2) is 7.89. The maximum absolute atomic E-state index is 12.4. The van der Waals surface area contributed by atoms with Crippen LogP contribution in [-0.4, -0.2) is 30.9 Å². The van der Waals surface area contributed by atoms with Crippen LogP contribution in [0.1, 0.15) is 46.6 Å². The quantitative estimate of drug-likeness (QED) is 0.837. The Labute approximate surface area is 154 Å². The maximum atomic E-state index is 12.4. The molecule has 0 spiro atoms. The molecule has 1 N–H and O–H groups in total. The van der Waals surface area contributed by atoms with E-state index >= 15 is 0 Å². The van der Waals surface area contributed by atoms with E-state index in [1.807, 2.05) is 30.9 Å². The van der Waals surface area contributed by atoms with Gasteiger partial charge in [0.2, 0.25) is 5.91 Å². The van der Waals surface area contributed by atoms with Crippen LogP contribution in [0.4, 0.5) is 11.4 Å². The molecule has 0 radical (unpaired) electrons. The fraction of sp³-hybridized carbons (Fsp3) is 0.550. The van der Waals surface area contributed by atoms with Gasteiger partial charge in [0.15, 0.2) is 6.61 Å². The molecule has 0 aliphatic carbocycles. The number of nitrogens with zero attached hydrogens (tertiary/aromatic N) is 1. The van der Waals surface area contributed by atoms with Gasteiger partial charge in [0.25, 0.3) is 5.91 Å². The monoisotopic (exact) mass is 360 g/mol. The first kappa shape index (κ1) is 19.9. The van der Waals surface area contributed by atoms with E-state index in [-0.39, 0.29) is 24.3 Å². The SMILES string of the molecule is CC(C)C(=O)N1CCCc2cc(NC(=O)COC(=O)C(C)(C)C)ccc21. The van der Waals surface area contributed by atoms with Crippen LogP contribution in [0.15, 0.2) is 18.2 Å². The number of anilines is 2. The third-order valence-corrected chi connectivity index (χ3v) is 4.19. The maximum Gasteiger partial charge on any atom is 0.311 e. The van der Waals surface area contributed by atoms with E-state index in [4.69, 9.17) is 4.74 Å². The van der Waals surface area contributed by atoms with Gasteiger partial charge in [-0.3, -0.25) is 14.4 Å². The lowest BCUT2D eigenvalue weighted by Crippen LogP contribution is -2.38. The predicted octanol–water partition coefficient (Wildman–Crippen LogP) is 3.15. The van der Waals surface area contributed by atoms with Crippen molar-refractivity contribution in [3.8, 4) is 0 Å². The fourth-order valence-electron chi connectivity index (χ4n) is 2.76. The summed E-state index contributed by atoms with van der Waals surface area (Å²) in [6.07, 6.45) is 1.76. The molecule has 2 amide bonds. The highest BCUT2D eigenvalue weighted by Gasteiger charge is 2.25. The minimum Gasteiger partial charge on any atom is -0.455 e. The Hall–Kier alpha value is -2.37. The summed E-state index contributed by atoms with van der Waals surface area (Å²) in [6, 6.07) is 5.53. The van der Waals surface area contributed by atoms with E-state index < -0.39 is 11.4 Å². The Morgan fingerprint density at radius 3 is 2.54 bits per heavy atom. The van der Waals surface area contributed by atoms with Crippen molar-refractivity contribution in [2.24, 2.45) is 11.3 Å². The van der Waals surface area contributed by atoms with Crippen molar-refractivity contribution in [3.63, 3.8) is 0 Å². The van der Waals surface area contributed by atoms with Crippen LogP contribution in [0.25, 0.3) is 0 Å². The van der Waals surface area contributed by atoms with E-state index in [0.29, 0.717) is 5.69 Å². The summed E-state index contributed by atoms with van der Waals surface area (Å²) in [7, 11) is 0. The summed E-state index contributed by atoms with van der Waals surface area (Å²) in [6.45, 7) is 9.40. The Kier molecular flexibility index (Phi) is 6.05. The van der Waals surface area contributed by atoms with E-state index in [1.165, 1.54) is 0 Å². The molecular weight excluding hydrogens is 332 g/mol. The summed E-state index contributed by atoms with van der Waals surface area (Å²) >= 11 is 0. The van der Waals surface area contributed by atoms with Crippen molar-refractivity contribution in [3.05, 3.63) is 23.8 Å². The molecule has 1 aromatic carbocycles. The molecule has 0 atom stereocenters. The molecule has 142 valence electrons. The number of hydrogen-bond acceptors (Lipinski definition) is 4. The summed E-state index contributed by atoms with van der Waals surface area (Å²) in [5, 5.41) is 2.75. The van der Waals surface area contributed by atoms with Crippen LogP contribution in [0, 0.1) is 11.3 Å². The van der Waals surface area contributed by atoms with Crippen molar-refractivity contribution >= 4 is 29.2 Å². The van der Waals surface area contributed by atoms with Gasteiger partial charge in [-0.2, -0.15) is 0 Å².